The van der Waals surface area contributed by atoms with Gasteiger partial charge >= 0.3 is 0 Å². The van der Waals surface area contributed by atoms with Crippen LogP contribution in [0.15, 0.2) is 12.4 Å². The Bertz CT molecular complexity index is 517. The van der Waals surface area contributed by atoms with Crippen molar-refractivity contribution in [2.75, 3.05) is 46.2 Å². The third kappa shape index (κ3) is 3.55. The quantitative estimate of drug-likeness (QED) is 0.822. The van der Waals surface area contributed by atoms with Crippen LogP contribution in [-0.2, 0) is 0 Å². The van der Waals surface area contributed by atoms with E-state index < -0.39 is 0 Å². The predicted octanol–water partition coefficient (Wildman–Crippen LogP) is 1.34. The van der Waals surface area contributed by atoms with Crippen molar-refractivity contribution in [1.82, 2.24) is 19.8 Å². The van der Waals surface area contributed by atoms with Gasteiger partial charge < -0.3 is 14.7 Å². The van der Waals surface area contributed by atoms with Crippen LogP contribution in [0.1, 0.15) is 30.3 Å². The molecule has 0 aliphatic carbocycles. The zero-order valence-corrected chi connectivity index (χ0v) is 14.3. The van der Waals surface area contributed by atoms with E-state index in [1.165, 1.54) is 23.9 Å². The van der Waals surface area contributed by atoms with Crippen molar-refractivity contribution in [2.45, 2.75) is 25.8 Å². The zero-order valence-electron chi connectivity index (χ0n) is 14.3. The highest BCUT2D eigenvalue weighted by molar-refractivity contribution is 5.91. The SMILES string of the molecule is CCC[C@H]1CN(c2cncc(C(=O)N(C)C)n2)C[C@@H]1N(C)C. The fraction of sp³-hybridized carbons (Fsp3) is 0.688. The van der Waals surface area contributed by atoms with E-state index in [0.717, 1.165) is 18.9 Å². The summed E-state index contributed by atoms with van der Waals surface area (Å²) in [4.78, 5) is 26.9. The first-order chi connectivity index (χ1) is 10.4. The first kappa shape index (κ1) is 16.7. The molecule has 1 aliphatic heterocycles. The van der Waals surface area contributed by atoms with Crippen LogP contribution in [0.5, 0.6) is 0 Å². The van der Waals surface area contributed by atoms with Crippen LogP contribution in [0.4, 0.5) is 5.82 Å². The number of hydrogen-bond acceptors (Lipinski definition) is 5. The van der Waals surface area contributed by atoms with Gasteiger partial charge in [0.15, 0.2) is 0 Å². The number of likely N-dealkylation sites (N-methyl/N-ethyl adjacent to an activating group) is 1. The molecule has 1 aromatic rings. The number of hydrogen-bond donors (Lipinski definition) is 0. The van der Waals surface area contributed by atoms with Crippen LogP contribution in [0, 0.1) is 5.92 Å². The maximum absolute atomic E-state index is 12.0. The van der Waals surface area contributed by atoms with E-state index in [0.29, 0.717) is 17.7 Å². The minimum absolute atomic E-state index is 0.109. The molecule has 6 heteroatoms. The zero-order chi connectivity index (χ0) is 16.3. The number of nitrogens with zero attached hydrogens (tertiary/aromatic N) is 5. The average molecular weight is 305 g/mol. The highest BCUT2D eigenvalue weighted by Gasteiger charge is 2.34. The number of aromatic nitrogens is 2. The van der Waals surface area contributed by atoms with Gasteiger partial charge in [-0.2, -0.15) is 0 Å². The van der Waals surface area contributed by atoms with Crippen molar-refractivity contribution in [1.29, 1.82) is 0 Å². The minimum atomic E-state index is -0.109. The Morgan fingerprint density at radius 2 is 2.00 bits per heavy atom. The third-order valence-electron chi connectivity index (χ3n) is 4.30. The molecule has 22 heavy (non-hydrogen) atoms. The van der Waals surface area contributed by atoms with Crippen LogP contribution in [0.2, 0.25) is 0 Å². The number of anilines is 1. The Balaban J connectivity index is 2.18. The summed E-state index contributed by atoms with van der Waals surface area (Å²) in [6, 6.07) is 0.523. The van der Waals surface area contributed by atoms with Gasteiger partial charge in [-0.25, -0.2) is 4.98 Å². The molecule has 6 nitrogen and oxygen atoms in total. The van der Waals surface area contributed by atoms with E-state index in [-0.39, 0.29) is 5.91 Å². The summed E-state index contributed by atoms with van der Waals surface area (Å²) in [5.74, 6) is 1.33. The summed E-state index contributed by atoms with van der Waals surface area (Å²) < 4.78 is 0. The van der Waals surface area contributed by atoms with Gasteiger partial charge in [0, 0.05) is 33.2 Å². The van der Waals surface area contributed by atoms with E-state index in [1.807, 2.05) is 0 Å². The second-order valence-electron chi connectivity index (χ2n) is 6.45. The van der Waals surface area contributed by atoms with Gasteiger partial charge in [-0.15, -0.1) is 0 Å². The molecule has 0 aromatic carbocycles. The molecule has 2 heterocycles. The number of amides is 1. The molecule has 0 spiro atoms. The Hall–Kier alpha value is -1.69. The lowest BCUT2D eigenvalue weighted by molar-refractivity contribution is 0.0821. The summed E-state index contributed by atoms with van der Waals surface area (Å²) in [7, 11) is 7.72. The lowest BCUT2D eigenvalue weighted by atomic mass is 9.98. The summed E-state index contributed by atoms with van der Waals surface area (Å²) in [6.07, 6.45) is 5.69. The molecular weight excluding hydrogens is 278 g/mol. The number of rotatable bonds is 5. The smallest absolute Gasteiger partial charge is 0.273 e. The van der Waals surface area contributed by atoms with Gasteiger partial charge in [0.1, 0.15) is 11.5 Å². The lowest BCUT2D eigenvalue weighted by Gasteiger charge is -2.24. The maximum Gasteiger partial charge on any atom is 0.273 e. The third-order valence-corrected chi connectivity index (χ3v) is 4.30. The highest BCUT2D eigenvalue weighted by Crippen LogP contribution is 2.27. The van der Waals surface area contributed by atoms with E-state index in [1.54, 1.807) is 20.3 Å². The van der Waals surface area contributed by atoms with Crippen molar-refractivity contribution in [2.24, 2.45) is 5.92 Å². The largest absolute Gasteiger partial charge is 0.353 e. The van der Waals surface area contributed by atoms with Crippen molar-refractivity contribution in [3.05, 3.63) is 18.1 Å². The van der Waals surface area contributed by atoms with Crippen molar-refractivity contribution in [3.8, 4) is 0 Å². The second kappa shape index (κ2) is 7.05. The summed E-state index contributed by atoms with van der Waals surface area (Å²) in [5.41, 5.74) is 0.405. The van der Waals surface area contributed by atoms with Gasteiger partial charge in [0.2, 0.25) is 0 Å². The molecule has 2 rings (SSSR count). The summed E-state index contributed by atoms with van der Waals surface area (Å²) in [6.45, 7) is 4.14. The first-order valence-electron chi connectivity index (χ1n) is 7.89. The Labute approximate surface area is 133 Å². The molecule has 0 N–H and O–H groups in total. The maximum atomic E-state index is 12.0. The molecule has 0 saturated carbocycles. The van der Waals surface area contributed by atoms with E-state index in [9.17, 15) is 4.79 Å². The van der Waals surface area contributed by atoms with Crippen LogP contribution in [0.3, 0.4) is 0 Å². The Morgan fingerprint density at radius 1 is 1.27 bits per heavy atom. The molecule has 1 amide bonds. The van der Waals surface area contributed by atoms with E-state index >= 15 is 0 Å². The Kier molecular flexibility index (Phi) is 5.34. The van der Waals surface area contributed by atoms with Gasteiger partial charge in [-0.1, -0.05) is 13.3 Å². The second-order valence-corrected chi connectivity index (χ2v) is 6.45. The summed E-state index contributed by atoms with van der Waals surface area (Å²) in [5, 5.41) is 0. The van der Waals surface area contributed by atoms with Gasteiger partial charge in [0.05, 0.1) is 12.4 Å². The average Bonchev–Trinajstić information content (AvgIpc) is 2.91. The van der Waals surface area contributed by atoms with E-state index in [2.05, 4.69) is 40.8 Å². The molecule has 122 valence electrons. The first-order valence-corrected chi connectivity index (χ1v) is 7.89. The van der Waals surface area contributed by atoms with E-state index in [4.69, 9.17) is 0 Å². The van der Waals surface area contributed by atoms with Crippen LogP contribution >= 0.6 is 0 Å². The minimum Gasteiger partial charge on any atom is -0.353 e. The highest BCUT2D eigenvalue weighted by atomic mass is 16.2. The molecule has 0 radical (unpaired) electrons. The fourth-order valence-corrected chi connectivity index (χ4v) is 3.12. The van der Waals surface area contributed by atoms with Crippen LogP contribution in [0.25, 0.3) is 0 Å². The van der Waals surface area contributed by atoms with Crippen LogP contribution in [-0.4, -0.2) is 73.0 Å². The molecule has 1 saturated heterocycles. The fourth-order valence-electron chi connectivity index (χ4n) is 3.12. The van der Waals surface area contributed by atoms with Gasteiger partial charge in [-0.3, -0.25) is 9.78 Å². The van der Waals surface area contributed by atoms with Gasteiger partial charge in [0.25, 0.3) is 5.91 Å². The van der Waals surface area contributed by atoms with Crippen molar-refractivity contribution < 1.29 is 4.79 Å². The normalized spacial score (nSPS) is 21.5. The monoisotopic (exact) mass is 305 g/mol. The molecule has 0 unspecified atom stereocenters. The number of carbonyl (C=O) groups excluding carboxylic acids is 1. The molecule has 1 aliphatic rings. The van der Waals surface area contributed by atoms with Crippen molar-refractivity contribution in [3.63, 3.8) is 0 Å². The molecule has 0 bridgehead atoms. The predicted molar refractivity (Wildman–Crippen MR) is 88.1 cm³/mol. The summed E-state index contributed by atoms with van der Waals surface area (Å²) >= 11 is 0. The molecule has 2 atom stereocenters. The number of carbonyl (C=O) groups is 1. The molecular formula is C16H27N5O. The lowest BCUT2D eigenvalue weighted by Crippen LogP contribution is -2.35. The van der Waals surface area contributed by atoms with Crippen molar-refractivity contribution >= 4 is 11.7 Å². The Morgan fingerprint density at radius 3 is 2.59 bits per heavy atom. The van der Waals surface area contributed by atoms with Gasteiger partial charge in [-0.05, 0) is 26.4 Å². The standard InChI is InChI=1S/C16H27N5O/c1-6-7-12-10-21(11-14(12)19(2)3)15-9-17-8-13(18-15)16(22)20(4)5/h8-9,12,14H,6-7,10-11H2,1-5H3/t12-,14-/m0/s1. The topological polar surface area (TPSA) is 52.6 Å². The van der Waals surface area contributed by atoms with Crippen LogP contribution < -0.4 is 4.90 Å². The molecule has 1 aromatic heterocycles. The molecule has 1 fully saturated rings.